The topological polar surface area (TPSA) is 141 Å². The van der Waals surface area contributed by atoms with E-state index in [1.807, 2.05) is 4.98 Å². The van der Waals surface area contributed by atoms with Crippen LogP contribution >= 0.6 is 0 Å². The summed E-state index contributed by atoms with van der Waals surface area (Å²) in [6.07, 6.45) is -3.88. The Balaban J connectivity index is 2.26. The predicted molar refractivity (Wildman–Crippen MR) is 84.7 cm³/mol. The number of aliphatic hydroxyl groups is 3. The van der Waals surface area contributed by atoms with Crippen LogP contribution in [0.5, 0.6) is 0 Å². The molecule has 9 heteroatoms. The van der Waals surface area contributed by atoms with Crippen molar-refractivity contribution < 1.29 is 15.3 Å². The molecule has 9 nitrogen and oxygen atoms in total. The quantitative estimate of drug-likeness (QED) is 0.434. The second-order valence-corrected chi connectivity index (χ2v) is 5.55. The Morgan fingerprint density at radius 3 is 2.58 bits per heavy atom. The molecule has 126 valence electrons. The molecule has 3 rings (SSSR count). The van der Waals surface area contributed by atoms with Crippen LogP contribution in [0.1, 0.15) is 6.92 Å². The van der Waals surface area contributed by atoms with Crippen molar-refractivity contribution in [3.05, 3.63) is 45.1 Å². The van der Waals surface area contributed by atoms with E-state index in [0.717, 1.165) is 0 Å². The van der Waals surface area contributed by atoms with Crippen LogP contribution in [0.2, 0.25) is 0 Å². The molecular formula is C15H16N4O5. The van der Waals surface area contributed by atoms with E-state index >= 15 is 0 Å². The number of hydrogen-bond acceptors (Lipinski definition) is 7. The van der Waals surface area contributed by atoms with Crippen LogP contribution in [0.15, 0.2) is 33.9 Å². The Hall–Kier alpha value is -2.62. The highest BCUT2D eigenvalue weighted by atomic mass is 16.4. The van der Waals surface area contributed by atoms with E-state index in [2.05, 4.69) is 9.97 Å². The SMILES string of the molecule is C[C@@H](O)[C@@H](O)[C@@H](O)Cn1c2nc(=O)[nH]c(=O)c-2nc2ccccc21. The lowest BCUT2D eigenvalue weighted by Crippen LogP contribution is -2.39. The summed E-state index contributed by atoms with van der Waals surface area (Å²) in [6, 6.07) is 6.83. The second-order valence-electron chi connectivity index (χ2n) is 5.55. The van der Waals surface area contributed by atoms with Crippen LogP contribution in [-0.2, 0) is 6.54 Å². The van der Waals surface area contributed by atoms with E-state index in [1.165, 1.54) is 11.5 Å². The normalized spacial score (nSPS) is 15.5. The zero-order valence-corrected chi connectivity index (χ0v) is 12.7. The minimum atomic E-state index is -1.40. The number of aromatic nitrogens is 4. The van der Waals surface area contributed by atoms with Crippen LogP contribution in [0.3, 0.4) is 0 Å². The van der Waals surface area contributed by atoms with Gasteiger partial charge in [-0.25, -0.2) is 9.78 Å². The fourth-order valence-electron chi connectivity index (χ4n) is 2.55. The van der Waals surface area contributed by atoms with Gasteiger partial charge in [-0.05, 0) is 19.1 Å². The molecule has 0 aliphatic carbocycles. The Morgan fingerprint density at radius 2 is 1.88 bits per heavy atom. The number of rotatable bonds is 4. The number of nitrogens with one attached hydrogen (secondary N) is 1. The van der Waals surface area contributed by atoms with Crippen molar-refractivity contribution in [1.29, 1.82) is 0 Å². The smallest absolute Gasteiger partial charge is 0.349 e. The number of hydrogen-bond donors (Lipinski definition) is 4. The number of nitrogens with zero attached hydrogens (tertiary/aromatic N) is 3. The van der Waals surface area contributed by atoms with Gasteiger partial charge in [0.2, 0.25) is 0 Å². The van der Waals surface area contributed by atoms with Gasteiger partial charge in [-0.15, -0.1) is 0 Å². The van der Waals surface area contributed by atoms with Gasteiger partial charge in [-0.2, -0.15) is 4.98 Å². The number of fused-ring (bicyclic) bond motifs is 2. The van der Waals surface area contributed by atoms with E-state index < -0.39 is 29.6 Å². The lowest BCUT2D eigenvalue weighted by atomic mass is 10.1. The number of aromatic amines is 1. The van der Waals surface area contributed by atoms with Crippen molar-refractivity contribution >= 4 is 11.0 Å². The molecule has 2 heterocycles. The molecule has 24 heavy (non-hydrogen) atoms. The van der Waals surface area contributed by atoms with Gasteiger partial charge in [0.1, 0.15) is 12.2 Å². The first-order valence-corrected chi connectivity index (χ1v) is 7.32. The van der Waals surface area contributed by atoms with Gasteiger partial charge in [-0.3, -0.25) is 9.78 Å². The Bertz CT molecular complexity index is 964. The summed E-state index contributed by atoms with van der Waals surface area (Å²) in [4.78, 5) is 33.6. The van der Waals surface area contributed by atoms with Crippen LogP contribution in [0.25, 0.3) is 22.6 Å². The van der Waals surface area contributed by atoms with Gasteiger partial charge in [0.15, 0.2) is 11.5 Å². The molecule has 4 N–H and O–H groups in total. The summed E-state index contributed by atoms with van der Waals surface area (Å²) in [5.41, 5.74) is -0.569. The first kappa shape index (κ1) is 16.2. The van der Waals surface area contributed by atoms with Crippen molar-refractivity contribution in [2.75, 3.05) is 0 Å². The molecule has 2 aliphatic heterocycles. The third-order valence-electron chi connectivity index (χ3n) is 3.77. The number of para-hydroxylation sites is 2. The molecule has 0 amide bonds. The molecule has 0 aromatic heterocycles. The standard InChI is InChI=1S/C15H16N4O5/c1-7(20)12(22)10(21)6-19-9-5-3-2-4-8(9)16-11-13(19)17-15(24)18-14(11)23/h2-5,7,10,12,20-22H,6H2,1H3,(H,18,23,24)/t7-,10+,12-/m1/s1. The van der Waals surface area contributed by atoms with Crippen LogP contribution in [-0.4, -0.2) is 53.2 Å². The Kier molecular flexibility index (Phi) is 4.14. The molecule has 2 aliphatic rings. The molecule has 0 bridgehead atoms. The fourth-order valence-corrected chi connectivity index (χ4v) is 2.55. The van der Waals surface area contributed by atoms with Crippen molar-refractivity contribution in [2.24, 2.45) is 0 Å². The highest BCUT2D eigenvalue weighted by Crippen LogP contribution is 2.21. The predicted octanol–water partition coefficient (Wildman–Crippen LogP) is -1.31. The van der Waals surface area contributed by atoms with Crippen LogP contribution in [0, 0.1) is 0 Å². The minimum Gasteiger partial charge on any atom is -0.391 e. The van der Waals surface area contributed by atoms with Gasteiger partial charge < -0.3 is 19.9 Å². The molecule has 0 fully saturated rings. The third-order valence-corrected chi connectivity index (χ3v) is 3.77. The molecule has 3 atom stereocenters. The van der Waals surface area contributed by atoms with E-state index in [9.17, 15) is 24.9 Å². The summed E-state index contributed by atoms with van der Waals surface area (Å²) in [5.74, 6) is -0.000655. The monoisotopic (exact) mass is 332 g/mol. The lowest BCUT2D eigenvalue weighted by Gasteiger charge is -2.24. The maximum Gasteiger partial charge on any atom is 0.349 e. The fraction of sp³-hybridized carbons (Fsp3) is 0.333. The zero-order valence-electron chi connectivity index (χ0n) is 12.7. The third kappa shape index (κ3) is 2.80. The Morgan fingerprint density at radius 1 is 1.17 bits per heavy atom. The molecule has 0 unspecified atom stereocenters. The maximum absolute atomic E-state index is 12.0. The summed E-state index contributed by atoms with van der Waals surface area (Å²) >= 11 is 0. The Labute approximate surface area is 135 Å². The lowest BCUT2D eigenvalue weighted by molar-refractivity contribution is -0.0569. The average molecular weight is 332 g/mol. The van der Waals surface area contributed by atoms with Crippen molar-refractivity contribution in [3.8, 4) is 11.5 Å². The highest BCUT2D eigenvalue weighted by Gasteiger charge is 2.25. The summed E-state index contributed by atoms with van der Waals surface area (Å²) < 4.78 is 1.44. The largest absolute Gasteiger partial charge is 0.391 e. The van der Waals surface area contributed by atoms with E-state index in [-0.39, 0.29) is 18.1 Å². The van der Waals surface area contributed by atoms with Crippen molar-refractivity contribution in [2.45, 2.75) is 31.8 Å². The summed E-state index contributed by atoms with van der Waals surface area (Å²) in [7, 11) is 0. The van der Waals surface area contributed by atoms with Gasteiger partial charge in [-0.1, -0.05) is 12.1 Å². The summed E-state index contributed by atoms with van der Waals surface area (Å²) in [6.45, 7) is 1.17. The van der Waals surface area contributed by atoms with E-state index in [1.54, 1.807) is 24.3 Å². The summed E-state index contributed by atoms with van der Waals surface area (Å²) in [5, 5.41) is 29.4. The van der Waals surface area contributed by atoms with Crippen LogP contribution < -0.4 is 11.2 Å². The van der Waals surface area contributed by atoms with Crippen molar-refractivity contribution in [3.63, 3.8) is 0 Å². The first-order valence-electron chi connectivity index (χ1n) is 7.32. The zero-order chi connectivity index (χ0) is 17.4. The van der Waals surface area contributed by atoms with Gasteiger partial charge >= 0.3 is 5.69 Å². The van der Waals surface area contributed by atoms with Gasteiger partial charge in [0, 0.05) is 0 Å². The molecule has 0 radical (unpaired) electrons. The highest BCUT2D eigenvalue weighted by molar-refractivity contribution is 5.79. The number of H-pyrrole nitrogens is 1. The molecule has 0 saturated carbocycles. The number of aliphatic hydroxyl groups excluding tert-OH is 3. The molecule has 1 aromatic rings. The van der Waals surface area contributed by atoms with Crippen LogP contribution in [0.4, 0.5) is 0 Å². The van der Waals surface area contributed by atoms with Gasteiger partial charge in [0.05, 0.1) is 23.7 Å². The van der Waals surface area contributed by atoms with Gasteiger partial charge in [0.25, 0.3) is 5.56 Å². The molecule has 0 spiro atoms. The average Bonchev–Trinajstić information content (AvgIpc) is 2.54. The number of benzene rings is 1. The molecule has 0 saturated heterocycles. The van der Waals surface area contributed by atoms with E-state index in [4.69, 9.17) is 0 Å². The van der Waals surface area contributed by atoms with E-state index in [0.29, 0.717) is 11.0 Å². The first-order chi connectivity index (χ1) is 11.4. The second kappa shape index (κ2) is 6.11. The molecule has 1 aromatic carbocycles. The maximum atomic E-state index is 12.0. The molecular weight excluding hydrogens is 316 g/mol. The van der Waals surface area contributed by atoms with Crippen molar-refractivity contribution in [1.82, 2.24) is 19.5 Å². The minimum absolute atomic E-state index is 0.000655.